The summed E-state index contributed by atoms with van der Waals surface area (Å²) in [6, 6.07) is 14.9. The van der Waals surface area contributed by atoms with Crippen molar-refractivity contribution in [1.82, 2.24) is 5.32 Å². The molecule has 6 nitrogen and oxygen atoms in total. The van der Waals surface area contributed by atoms with Gasteiger partial charge in [-0.25, -0.2) is 4.79 Å². The van der Waals surface area contributed by atoms with E-state index >= 15 is 0 Å². The molecule has 4 rings (SSSR count). The highest BCUT2D eigenvalue weighted by atomic mass is 19.4. The van der Waals surface area contributed by atoms with Gasteiger partial charge in [0.1, 0.15) is 6.04 Å². The molecule has 0 saturated carbocycles. The van der Waals surface area contributed by atoms with Gasteiger partial charge in [0.05, 0.1) is 5.92 Å². The van der Waals surface area contributed by atoms with Gasteiger partial charge in [-0.05, 0) is 62.1 Å². The minimum atomic E-state index is -4.19. The highest BCUT2D eigenvalue weighted by Crippen LogP contribution is 2.35. The van der Waals surface area contributed by atoms with Crippen LogP contribution in [0.3, 0.4) is 0 Å². The second kappa shape index (κ2) is 9.72. The molecule has 0 aromatic heterocycles. The van der Waals surface area contributed by atoms with E-state index in [0.717, 1.165) is 6.42 Å². The van der Waals surface area contributed by atoms with E-state index in [0.29, 0.717) is 43.0 Å². The highest BCUT2D eigenvalue weighted by Gasteiger charge is 2.41. The molecule has 2 aliphatic rings. The van der Waals surface area contributed by atoms with Gasteiger partial charge in [0.15, 0.2) is 0 Å². The van der Waals surface area contributed by atoms with Crippen molar-refractivity contribution in [1.29, 1.82) is 0 Å². The monoisotopic (exact) mass is 460 g/mol. The Hall–Kier alpha value is -3.23. The largest absolute Gasteiger partial charge is 0.393 e. The van der Waals surface area contributed by atoms with Crippen molar-refractivity contribution in [3.05, 3.63) is 54.6 Å². The Kier molecular flexibility index (Phi) is 6.76. The van der Waals surface area contributed by atoms with E-state index in [1.807, 2.05) is 6.07 Å². The van der Waals surface area contributed by atoms with Crippen LogP contribution in [0.4, 0.5) is 35.0 Å². The molecular formula is C24H27F3N4O2. The summed E-state index contributed by atoms with van der Waals surface area (Å²) in [5, 5.41) is 5.46. The van der Waals surface area contributed by atoms with Crippen LogP contribution in [0.25, 0.3) is 0 Å². The summed E-state index contributed by atoms with van der Waals surface area (Å²) < 4.78 is 39.4. The fourth-order valence-electron chi connectivity index (χ4n) is 4.43. The number of benzene rings is 2. The van der Waals surface area contributed by atoms with Gasteiger partial charge >= 0.3 is 12.2 Å². The first-order chi connectivity index (χ1) is 15.8. The van der Waals surface area contributed by atoms with Crippen LogP contribution in [-0.2, 0) is 4.79 Å². The minimum absolute atomic E-state index is 0.0476. The number of nitrogens with one attached hydrogen (secondary N) is 2. The Morgan fingerprint density at radius 1 is 0.909 bits per heavy atom. The first kappa shape index (κ1) is 22.9. The van der Waals surface area contributed by atoms with Gasteiger partial charge < -0.3 is 20.4 Å². The number of nitrogens with zero attached hydrogens (tertiary/aromatic N) is 2. The predicted molar refractivity (Wildman–Crippen MR) is 121 cm³/mol. The minimum Gasteiger partial charge on any atom is -0.371 e. The molecule has 9 heteroatoms. The van der Waals surface area contributed by atoms with Crippen LogP contribution < -0.4 is 20.4 Å². The molecule has 33 heavy (non-hydrogen) atoms. The number of alkyl halides is 3. The maximum atomic E-state index is 13.1. The number of anilines is 3. The fraction of sp³-hybridized carbons (Fsp3) is 0.417. The predicted octanol–water partition coefficient (Wildman–Crippen LogP) is 4.78. The molecule has 2 aliphatic heterocycles. The first-order valence-electron chi connectivity index (χ1n) is 11.2. The number of para-hydroxylation sites is 1. The van der Waals surface area contributed by atoms with Crippen molar-refractivity contribution in [3.63, 3.8) is 0 Å². The molecule has 0 spiro atoms. The number of hydrogen-bond donors (Lipinski definition) is 2. The zero-order chi connectivity index (χ0) is 23.4. The van der Waals surface area contributed by atoms with Crippen molar-refractivity contribution in [2.24, 2.45) is 5.92 Å². The molecule has 2 saturated heterocycles. The summed E-state index contributed by atoms with van der Waals surface area (Å²) in [5.74, 6) is -1.52. The number of carbonyl (C=O) groups excluding carboxylic acids is 2. The van der Waals surface area contributed by atoms with Crippen molar-refractivity contribution >= 4 is 29.0 Å². The third-order valence-electron chi connectivity index (χ3n) is 6.19. The summed E-state index contributed by atoms with van der Waals surface area (Å²) in [7, 11) is 0. The van der Waals surface area contributed by atoms with E-state index < -0.39 is 24.2 Å². The molecule has 1 unspecified atom stereocenters. The molecule has 2 N–H and O–H groups in total. The average molecular weight is 461 g/mol. The number of carbonyl (C=O) groups is 2. The normalized spacial score (nSPS) is 21.6. The first-order valence-corrected chi connectivity index (χ1v) is 11.2. The van der Waals surface area contributed by atoms with E-state index in [2.05, 4.69) is 10.6 Å². The second-order valence-corrected chi connectivity index (χ2v) is 8.49. The van der Waals surface area contributed by atoms with Gasteiger partial charge in [0.2, 0.25) is 5.91 Å². The SMILES string of the molecule is O=C(Nc1ccccc1)N[C@@H]1CCCN(c2ccc(N3CCCC(C(F)(F)F)C3)cc2)C1=O. The molecule has 2 fully saturated rings. The van der Waals surface area contributed by atoms with E-state index in [9.17, 15) is 22.8 Å². The lowest BCUT2D eigenvalue weighted by Gasteiger charge is -2.36. The zero-order valence-corrected chi connectivity index (χ0v) is 18.1. The number of rotatable bonds is 4. The topological polar surface area (TPSA) is 64.7 Å². The van der Waals surface area contributed by atoms with E-state index in [-0.39, 0.29) is 18.9 Å². The van der Waals surface area contributed by atoms with Crippen LogP contribution in [0.5, 0.6) is 0 Å². The number of halogens is 3. The lowest BCUT2D eigenvalue weighted by atomic mass is 9.97. The zero-order valence-electron chi connectivity index (χ0n) is 18.1. The molecule has 0 bridgehead atoms. The Morgan fingerprint density at radius 2 is 1.58 bits per heavy atom. The smallest absolute Gasteiger partial charge is 0.371 e. The quantitative estimate of drug-likeness (QED) is 0.690. The van der Waals surface area contributed by atoms with Gasteiger partial charge in [-0.3, -0.25) is 4.79 Å². The lowest BCUT2D eigenvalue weighted by Crippen LogP contribution is -2.53. The van der Waals surface area contributed by atoms with Crippen LogP contribution in [0.1, 0.15) is 25.7 Å². The summed E-state index contributed by atoms with van der Waals surface area (Å²) in [4.78, 5) is 28.7. The van der Waals surface area contributed by atoms with E-state index in [1.165, 1.54) is 0 Å². The fourth-order valence-corrected chi connectivity index (χ4v) is 4.43. The molecule has 3 amide bonds. The lowest BCUT2D eigenvalue weighted by molar-refractivity contribution is -0.176. The summed E-state index contributed by atoms with van der Waals surface area (Å²) in [5.41, 5.74) is 2.02. The van der Waals surface area contributed by atoms with Crippen molar-refractivity contribution in [3.8, 4) is 0 Å². The maximum absolute atomic E-state index is 13.1. The third-order valence-corrected chi connectivity index (χ3v) is 6.19. The Bertz CT molecular complexity index is 966. The summed E-state index contributed by atoms with van der Waals surface area (Å²) >= 11 is 0. The Labute approximate surface area is 190 Å². The summed E-state index contributed by atoms with van der Waals surface area (Å²) in [6.45, 7) is 1.06. The van der Waals surface area contributed by atoms with E-state index in [1.54, 1.807) is 58.3 Å². The van der Waals surface area contributed by atoms with Gasteiger partial charge in [-0.2, -0.15) is 13.2 Å². The molecule has 0 radical (unpaired) electrons. The maximum Gasteiger partial charge on any atom is 0.393 e. The second-order valence-electron chi connectivity index (χ2n) is 8.49. The van der Waals surface area contributed by atoms with Crippen LogP contribution in [0, 0.1) is 5.92 Å². The highest BCUT2D eigenvalue weighted by molar-refractivity contribution is 6.01. The summed E-state index contributed by atoms with van der Waals surface area (Å²) in [6.07, 6.45) is -2.26. The van der Waals surface area contributed by atoms with Crippen molar-refractivity contribution in [2.45, 2.75) is 37.9 Å². The average Bonchev–Trinajstić information content (AvgIpc) is 2.81. The van der Waals surface area contributed by atoms with Gasteiger partial charge in [0, 0.05) is 36.7 Å². The van der Waals surface area contributed by atoms with Crippen molar-refractivity contribution in [2.75, 3.05) is 34.8 Å². The molecule has 176 valence electrons. The third kappa shape index (κ3) is 5.58. The number of amides is 3. The number of hydrogen-bond acceptors (Lipinski definition) is 3. The van der Waals surface area contributed by atoms with Crippen LogP contribution >= 0.6 is 0 Å². The molecule has 2 heterocycles. The van der Waals surface area contributed by atoms with Crippen LogP contribution in [0.2, 0.25) is 0 Å². The Morgan fingerprint density at radius 3 is 2.27 bits per heavy atom. The van der Waals surface area contributed by atoms with Gasteiger partial charge in [-0.1, -0.05) is 18.2 Å². The molecular weight excluding hydrogens is 433 g/mol. The molecule has 2 atom stereocenters. The molecule has 2 aromatic rings. The van der Waals surface area contributed by atoms with Crippen molar-refractivity contribution < 1.29 is 22.8 Å². The van der Waals surface area contributed by atoms with E-state index in [4.69, 9.17) is 0 Å². The molecule has 0 aliphatic carbocycles. The number of urea groups is 1. The van der Waals surface area contributed by atoms with Gasteiger partial charge in [0.25, 0.3) is 0 Å². The van der Waals surface area contributed by atoms with Crippen LogP contribution in [-0.4, -0.2) is 43.8 Å². The molecule has 2 aromatic carbocycles. The Balaban J connectivity index is 1.38. The van der Waals surface area contributed by atoms with Crippen LogP contribution in [0.15, 0.2) is 54.6 Å². The number of piperidine rings is 2. The van der Waals surface area contributed by atoms with Gasteiger partial charge in [-0.15, -0.1) is 0 Å². The standard InChI is InChI=1S/C24H27F3N4O2/c25-24(26,27)17-6-4-14-30(16-17)19-10-12-20(13-11-19)31-15-5-9-21(22(31)32)29-23(33)28-18-7-2-1-3-8-18/h1-3,7-8,10-13,17,21H,4-6,9,14-16H2,(H2,28,29,33)/t17?,21-/m1/s1.